The van der Waals surface area contributed by atoms with Gasteiger partial charge in [0.15, 0.2) is 24.0 Å². The minimum Gasteiger partial charge on any atom is -0.468 e. The molecule has 0 aliphatic rings. The van der Waals surface area contributed by atoms with Crippen molar-refractivity contribution in [2.24, 2.45) is 10.9 Å². The molecule has 0 atom stereocenters. The molecule has 10 heteroatoms. The number of halogens is 2. The van der Waals surface area contributed by atoms with Gasteiger partial charge >= 0.3 is 5.97 Å². The van der Waals surface area contributed by atoms with Gasteiger partial charge in [0.05, 0.1) is 10.0 Å². The van der Waals surface area contributed by atoms with Crippen LogP contribution in [0.3, 0.4) is 0 Å². The van der Waals surface area contributed by atoms with Crippen LogP contribution in [0.2, 0.25) is 10.0 Å². The van der Waals surface area contributed by atoms with Crippen LogP contribution in [-0.2, 0) is 11.6 Å². The van der Waals surface area contributed by atoms with Crippen molar-refractivity contribution in [3.63, 3.8) is 0 Å². The molecule has 0 saturated carbocycles. The Morgan fingerprint density at radius 3 is 2.59 bits per heavy atom. The lowest BCUT2D eigenvalue weighted by Gasteiger charge is -2.09. The molecule has 1 aromatic heterocycles. The first kappa shape index (κ1) is 20.5. The summed E-state index contributed by atoms with van der Waals surface area (Å²) in [6, 6.07) is 11.7. The molecule has 0 fully saturated rings. The highest BCUT2D eigenvalue weighted by atomic mass is 35.5. The average Bonchev–Trinajstić information content (AvgIpc) is 3.17. The maximum Gasteiger partial charge on any atom is 0.385 e. The Hall–Kier alpha value is -3.23. The highest BCUT2D eigenvalue weighted by Gasteiger charge is 2.14. The Bertz CT molecular complexity index is 1060. The number of aromatic nitrogens is 2. The van der Waals surface area contributed by atoms with E-state index in [-0.39, 0.29) is 18.3 Å². The fraction of sp³-hybridized carbons (Fsp3) is 0.105. The van der Waals surface area contributed by atoms with Gasteiger partial charge in [0.2, 0.25) is 0 Å². The summed E-state index contributed by atoms with van der Waals surface area (Å²) in [6.07, 6.45) is 1.54. The number of amidine groups is 1. The van der Waals surface area contributed by atoms with Crippen LogP contribution in [-0.4, -0.2) is 21.6 Å². The summed E-state index contributed by atoms with van der Waals surface area (Å²) in [5.41, 5.74) is 13.6. The second-order valence-corrected chi connectivity index (χ2v) is 6.75. The summed E-state index contributed by atoms with van der Waals surface area (Å²) in [5, 5.41) is 8.47. The van der Waals surface area contributed by atoms with Crippen molar-refractivity contribution in [1.29, 1.82) is 0 Å². The van der Waals surface area contributed by atoms with Crippen molar-refractivity contribution in [1.82, 2.24) is 9.78 Å². The predicted octanol–water partition coefficient (Wildman–Crippen LogP) is 3.59. The summed E-state index contributed by atoms with van der Waals surface area (Å²) in [7, 11) is 0. The van der Waals surface area contributed by atoms with Crippen molar-refractivity contribution in [3.8, 4) is 5.75 Å². The summed E-state index contributed by atoms with van der Waals surface area (Å²) >= 11 is 12.1. The molecular weight excluding hydrogens is 417 g/mol. The first-order valence-electron chi connectivity index (χ1n) is 8.37. The maximum atomic E-state index is 12.2. The van der Waals surface area contributed by atoms with Crippen molar-refractivity contribution in [3.05, 3.63) is 75.5 Å². The zero-order valence-electron chi connectivity index (χ0n) is 15.3. The lowest BCUT2D eigenvalue weighted by atomic mass is 10.1. The Morgan fingerprint density at radius 2 is 1.86 bits per heavy atom. The molecule has 1 heterocycles. The van der Waals surface area contributed by atoms with Crippen LogP contribution in [0, 0.1) is 6.92 Å². The molecule has 0 unspecified atom stereocenters. The van der Waals surface area contributed by atoms with E-state index in [9.17, 15) is 4.79 Å². The largest absolute Gasteiger partial charge is 0.468 e. The molecule has 0 spiro atoms. The van der Waals surface area contributed by atoms with Gasteiger partial charge in [-0.05, 0) is 36.8 Å². The van der Waals surface area contributed by atoms with Crippen LogP contribution >= 0.6 is 23.2 Å². The SMILES string of the molecule is Cc1c(N)cccc1/C(N)=N/OC(=O)c1ccn(COc2c(Cl)cccc2Cl)n1. The van der Waals surface area contributed by atoms with E-state index in [0.717, 1.165) is 5.56 Å². The number of nitrogen functional groups attached to an aromatic ring is 1. The van der Waals surface area contributed by atoms with Crippen molar-refractivity contribution in [2.75, 3.05) is 5.73 Å². The van der Waals surface area contributed by atoms with Crippen molar-refractivity contribution < 1.29 is 14.4 Å². The van der Waals surface area contributed by atoms with Gasteiger partial charge in [-0.15, -0.1) is 0 Å². The topological polar surface area (TPSA) is 118 Å². The van der Waals surface area contributed by atoms with Gasteiger partial charge < -0.3 is 21.0 Å². The summed E-state index contributed by atoms with van der Waals surface area (Å²) in [6.45, 7) is 1.78. The van der Waals surface area contributed by atoms with E-state index in [0.29, 0.717) is 27.0 Å². The number of hydrogen-bond donors (Lipinski definition) is 2. The molecule has 0 bridgehead atoms. The van der Waals surface area contributed by atoms with Crippen LogP contribution in [0.4, 0.5) is 5.69 Å². The first-order chi connectivity index (χ1) is 13.9. The number of hydrogen-bond acceptors (Lipinski definition) is 6. The predicted molar refractivity (Wildman–Crippen MR) is 111 cm³/mol. The number of rotatable bonds is 6. The number of oxime groups is 1. The molecular formula is C19H17Cl2N5O3. The van der Waals surface area contributed by atoms with E-state index in [1.54, 1.807) is 43.3 Å². The van der Waals surface area contributed by atoms with Gasteiger partial charge in [0, 0.05) is 17.4 Å². The van der Waals surface area contributed by atoms with E-state index >= 15 is 0 Å². The number of benzene rings is 2. The van der Waals surface area contributed by atoms with Crippen LogP contribution in [0.1, 0.15) is 21.6 Å². The van der Waals surface area contributed by atoms with E-state index in [2.05, 4.69) is 10.3 Å². The van der Waals surface area contributed by atoms with E-state index in [1.165, 1.54) is 16.9 Å². The molecule has 0 amide bonds. The molecule has 150 valence electrons. The lowest BCUT2D eigenvalue weighted by Crippen LogP contribution is -2.17. The lowest BCUT2D eigenvalue weighted by molar-refractivity contribution is 0.0507. The molecule has 0 aliphatic carbocycles. The van der Waals surface area contributed by atoms with Crippen LogP contribution in [0.5, 0.6) is 5.75 Å². The number of nitrogens with two attached hydrogens (primary N) is 2. The number of carbonyl (C=O) groups is 1. The Labute approximate surface area is 176 Å². The maximum absolute atomic E-state index is 12.2. The quantitative estimate of drug-likeness (QED) is 0.201. The smallest absolute Gasteiger partial charge is 0.385 e. The molecule has 0 saturated heterocycles. The molecule has 4 N–H and O–H groups in total. The zero-order chi connectivity index (χ0) is 21.0. The van der Waals surface area contributed by atoms with Gasteiger partial charge in [-0.25, -0.2) is 9.48 Å². The minimum atomic E-state index is -0.774. The fourth-order valence-electron chi connectivity index (χ4n) is 2.41. The monoisotopic (exact) mass is 433 g/mol. The van der Waals surface area contributed by atoms with Gasteiger partial charge in [0.1, 0.15) is 0 Å². The molecule has 0 radical (unpaired) electrons. The van der Waals surface area contributed by atoms with Crippen LogP contribution in [0.15, 0.2) is 53.8 Å². The number of nitrogens with zero attached hydrogens (tertiary/aromatic N) is 3. The summed E-state index contributed by atoms with van der Waals surface area (Å²) in [5.74, 6) is -0.423. The number of ether oxygens (including phenoxy) is 1. The first-order valence-corrected chi connectivity index (χ1v) is 9.13. The van der Waals surface area contributed by atoms with Gasteiger partial charge in [-0.3, -0.25) is 0 Å². The number of anilines is 1. The number of carbonyl (C=O) groups excluding carboxylic acids is 1. The second kappa shape index (κ2) is 8.85. The van der Waals surface area contributed by atoms with Crippen molar-refractivity contribution >= 4 is 40.7 Å². The third-order valence-electron chi connectivity index (χ3n) is 3.99. The van der Waals surface area contributed by atoms with E-state index in [1.807, 2.05) is 0 Å². The Balaban J connectivity index is 1.64. The highest BCUT2D eigenvalue weighted by molar-refractivity contribution is 6.37. The third-order valence-corrected chi connectivity index (χ3v) is 4.58. The van der Waals surface area contributed by atoms with E-state index in [4.69, 9.17) is 44.2 Å². The molecule has 3 aromatic rings. The molecule has 29 heavy (non-hydrogen) atoms. The molecule has 8 nitrogen and oxygen atoms in total. The minimum absolute atomic E-state index is 0.00930. The number of para-hydroxylation sites is 1. The van der Waals surface area contributed by atoms with Crippen molar-refractivity contribution in [2.45, 2.75) is 13.7 Å². The van der Waals surface area contributed by atoms with E-state index < -0.39 is 5.97 Å². The summed E-state index contributed by atoms with van der Waals surface area (Å²) in [4.78, 5) is 17.0. The average molecular weight is 434 g/mol. The second-order valence-electron chi connectivity index (χ2n) is 5.94. The van der Waals surface area contributed by atoms with Crippen LogP contribution < -0.4 is 16.2 Å². The highest BCUT2D eigenvalue weighted by Crippen LogP contribution is 2.32. The standard InChI is InChI=1S/C19H17Cl2N5O3/c1-11-12(4-2-7-15(11)22)18(23)25-29-19(27)16-8-9-26(24-16)10-28-17-13(20)5-3-6-14(17)21/h2-9H,10,22H2,1H3,(H2,23,25). The fourth-order valence-corrected chi connectivity index (χ4v) is 2.92. The Kier molecular flexibility index (Phi) is 6.26. The van der Waals surface area contributed by atoms with Gasteiger partial charge in [0.25, 0.3) is 0 Å². The Morgan fingerprint density at radius 1 is 1.17 bits per heavy atom. The van der Waals surface area contributed by atoms with Crippen LogP contribution in [0.25, 0.3) is 0 Å². The molecule has 0 aliphatic heterocycles. The molecule has 2 aromatic carbocycles. The molecule has 3 rings (SSSR count). The van der Waals surface area contributed by atoms with Gasteiger partial charge in [-0.2, -0.15) is 5.10 Å². The summed E-state index contributed by atoms with van der Waals surface area (Å²) < 4.78 is 6.93. The third kappa shape index (κ3) is 4.79. The zero-order valence-corrected chi connectivity index (χ0v) is 16.8. The normalized spacial score (nSPS) is 11.3. The van der Waals surface area contributed by atoms with Gasteiger partial charge in [-0.1, -0.05) is 46.6 Å².